The van der Waals surface area contributed by atoms with Gasteiger partial charge in [-0.1, -0.05) is 45.0 Å². The molecule has 2 heterocycles. The molecular formula is C18H19N3. The summed E-state index contributed by atoms with van der Waals surface area (Å²) in [7, 11) is 0. The Kier molecular flexibility index (Phi) is 3.34. The summed E-state index contributed by atoms with van der Waals surface area (Å²) in [5, 5.41) is 7.31. The van der Waals surface area contributed by atoms with Crippen molar-refractivity contribution in [3.63, 3.8) is 0 Å². The number of hydrogen-bond acceptors (Lipinski definition) is 2. The van der Waals surface area contributed by atoms with Gasteiger partial charge in [0.25, 0.3) is 0 Å². The second-order valence-electron chi connectivity index (χ2n) is 6.22. The van der Waals surface area contributed by atoms with E-state index in [4.69, 9.17) is 0 Å². The van der Waals surface area contributed by atoms with Crippen LogP contribution < -0.4 is 0 Å². The normalized spacial score (nSPS) is 11.6. The maximum atomic E-state index is 4.20. The van der Waals surface area contributed by atoms with Gasteiger partial charge in [0.2, 0.25) is 0 Å². The molecule has 0 aliphatic rings. The van der Waals surface area contributed by atoms with Crippen LogP contribution in [0.4, 0.5) is 0 Å². The van der Waals surface area contributed by atoms with E-state index < -0.39 is 0 Å². The average molecular weight is 277 g/mol. The van der Waals surface area contributed by atoms with E-state index in [1.807, 2.05) is 18.3 Å². The van der Waals surface area contributed by atoms with Gasteiger partial charge in [-0.3, -0.25) is 10.1 Å². The number of H-pyrrole nitrogens is 1. The lowest BCUT2D eigenvalue weighted by atomic mass is 9.86. The highest BCUT2D eigenvalue weighted by molar-refractivity contribution is 5.80. The molecule has 0 radical (unpaired) electrons. The van der Waals surface area contributed by atoms with Crippen molar-refractivity contribution in [2.75, 3.05) is 0 Å². The summed E-state index contributed by atoms with van der Waals surface area (Å²) in [6, 6.07) is 12.7. The van der Waals surface area contributed by atoms with E-state index in [9.17, 15) is 0 Å². The molecule has 0 spiro atoms. The third-order valence-corrected chi connectivity index (χ3v) is 3.67. The number of pyridine rings is 1. The van der Waals surface area contributed by atoms with Gasteiger partial charge in [0, 0.05) is 23.5 Å². The molecule has 0 fully saturated rings. The van der Waals surface area contributed by atoms with Gasteiger partial charge in [-0.05, 0) is 28.7 Å². The summed E-state index contributed by atoms with van der Waals surface area (Å²) in [6.07, 6.45) is 5.46. The maximum Gasteiger partial charge on any atom is 0.0728 e. The topological polar surface area (TPSA) is 41.6 Å². The molecule has 3 nitrogen and oxygen atoms in total. The molecule has 0 atom stereocenters. The van der Waals surface area contributed by atoms with Crippen LogP contribution in [0.25, 0.3) is 22.4 Å². The van der Waals surface area contributed by atoms with Crippen molar-refractivity contribution >= 4 is 0 Å². The molecule has 3 heteroatoms. The first kappa shape index (κ1) is 13.6. The first-order valence-electron chi connectivity index (χ1n) is 7.10. The molecule has 3 aromatic rings. The number of hydrogen-bond donors (Lipinski definition) is 1. The molecule has 0 unspecified atom stereocenters. The predicted molar refractivity (Wildman–Crippen MR) is 86.0 cm³/mol. The Morgan fingerprint density at radius 1 is 0.857 bits per heavy atom. The van der Waals surface area contributed by atoms with Crippen LogP contribution in [0.5, 0.6) is 0 Å². The van der Waals surface area contributed by atoms with Crippen LogP contribution in [0.3, 0.4) is 0 Å². The Morgan fingerprint density at radius 3 is 2.14 bits per heavy atom. The second-order valence-corrected chi connectivity index (χ2v) is 6.22. The molecule has 0 aliphatic heterocycles. The standard InChI is InChI=1S/C18H19N3/c1-18(2,3)15-6-4-14(5-7-15)17-16(12-20-21-17)13-8-10-19-11-9-13/h4-12H,1-3H3,(H,20,21). The molecule has 2 aromatic heterocycles. The molecule has 21 heavy (non-hydrogen) atoms. The number of nitrogens with zero attached hydrogens (tertiary/aromatic N) is 2. The third-order valence-electron chi connectivity index (χ3n) is 3.67. The summed E-state index contributed by atoms with van der Waals surface area (Å²) in [6.45, 7) is 6.67. The molecule has 3 rings (SSSR count). The van der Waals surface area contributed by atoms with Crippen molar-refractivity contribution in [3.8, 4) is 22.4 Å². The molecule has 106 valence electrons. The smallest absolute Gasteiger partial charge is 0.0728 e. The number of nitrogens with one attached hydrogen (secondary N) is 1. The zero-order valence-corrected chi connectivity index (χ0v) is 12.6. The lowest BCUT2D eigenvalue weighted by Gasteiger charge is -2.19. The third kappa shape index (κ3) is 2.72. The van der Waals surface area contributed by atoms with Crippen molar-refractivity contribution in [1.29, 1.82) is 0 Å². The van der Waals surface area contributed by atoms with Crippen molar-refractivity contribution in [1.82, 2.24) is 15.2 Å². The van der Waals surface area contributed by atoms with Gasteiger partial charge >= 0.3 is 0 Å². The average Bonchev–Trinajstić information content (AvgIpc) is 2.97. The van der Waals surface area contributed by atoms with Crippen LogP contribution >= 0.6 is 0 Å². The Hall–Kier alpha value is -2.42. The highest BCUT2D eigenvalue weighted by Gasteiger charge is 2.14. The van der Waals surface area contributed by atoms with E-state index in [1.165, 1.54) is 5.56 Å². The maximum absolute atomic E-state index is 4.20. The first-order valence-corrected chi connectivity index (χ1v) is 7.10. The lowest BCUT2D eigenvalue weighted by molar-refractivity contribution is 0.590. The molecule has 0 aliphatic carbocycles. The van der Waals surface area contributed by atoms with Gasteiger partial charge < -0.3 is 0 Å². The minimum atomic E-state index is 0.167. The van der Waals surface area contributed by atoms with E-state index in [-0.39, 0.29) is 5.41 Å². The first-order chi connectivity index (χ1) is 10.1. The van der Waals surface area contributed by atoms with Crippen LogP contribution in [0.1, 0.15) is 26.3 Å². The number of aromatic amines is 1. The van der Waals surface area contributed by atoms with Gasteiger partial charge in [-0.15, -0.1) is 0 Å². The summed E-state index contributed by atoms with van der Waals surface area (Å²) in [4.78, 5) is 4.07. The number of benzene rings is 1. The Balaban J connectivity index is 2.01. The molecule has 0 bridgehead atoms. The van der Waals surface area contributed by atoms with Crippen molar-refractivity contribution in [2.45, 2.75) is 26.2 Å². The predicted octanol–water partition coefficient (Wildman–Crippen LogP) is 4.44. The Morgan fingerprint density at radius 2 is 1.52 bits per heavy atom. The van der Waals surface area contributed by atoms with Crippen LogP contribution in [-0.2, 0) is 5.41 Å². The summed E-state index contributed by atoms with van der Waals surface area (Å²) in [5.74, 6) is 0. The van der Waals surface area contributed by atoms with E-state index >= 15 is 0 Å². The SMILES string of the molecule is CC(C)(C)c1ccc(-c2[nH]ncc2-c2ccncc2)cc1. The molecule has 0 saturated heterocycles. The van der Waals surface area contributed by atoms with Crippen LogP contribution in [-0.4, -0.2) is 15.2 Å². The lowest BCUT2D eigenvalue weighted by Crippen LogP contribution is -2.10. The van der Waals surface area contributed by atoms with Crippen LogP contribution in [0, 0.1) is 0 Å². The van der Waals surface area contributed by atoms with Gasteiger partial charge in [0.15, 0.2) is 0 Å². The number of aromatic nitrogens is 3. The highest BCUT2D eigenvalue weighted by Crippen LogP contribution is 2.31. The Labute approximate surface area is 125 Å². The molecule has 1 N–H and O–H groups in total. The zero-order valence-electron chi connectivity index (χ0n) is 12.6. The quantitative estimate of drug-likeness (QED) is 0.752. The van der Waals surface area contributed by atoms with Gasteiger partial charge in [-0.2, -0.15) is 5.10 Å². The molecule has 1 aromatic carbocycles. The second kappa shape index (κ2) is 5.17. The van der Waals surface area contributed by atoms with Crippen molar-refractivity contribution in [3.05, 3.63) is 60.6 Å². The van der Waals surface area contributed by atoms with E-state index in [1.54, 1.807) is 12.4 Å². The molecule has 0 saturated carbocycles. The van der Waals surface area contributed by atoms with E-state index in [2.05, 4.69) is 60.2 Å². The fourth-order valence-corrected chi connectivity index (χ4v) is 2.39. The van der Waals surface area contributed by atoms with Crippen molar-refractivity contribution < 1.29 is 0 Å². The monoisotopic (exact) mass is 277 g/mol. The fraction of sp³-hybridized carbons (Fsp3) is 0.222. The molecule has 0 amide bonds. The summed E-state index contributed by atoms with van der Waals surface area (Å²) in [5.41, 5.74) is 5.90. The zero-order chi connectivity index (χ0) is 14.9. The van der Waals surface area contributed by atoms with Gasteiger partial charge in [0.1, 0.15) is 0 Å². The summed E-state index contributed by atoms with van der Waals surface area (Å²) < 4.78 is 0. The highest BCUT2D eigenvalue weighted by atomic mass is 15.1. The minimum Gasteiger partial charge on any atom is -0.277 e. The van der Waals surface area contributed by atoms with Crippen LogP contribution in [0.2, 0.25) is 0 Å². The van der Waals surface area contributed by atoms with Gasteiger partial charge in [-0.25, -0.2) is 0 Å². The van der Waals surface area contributed by atoms with Gasteiger partial charge in [0.05, 0.1) is 11.9 Å². The van der Waals surface area contributed by atoms with E-state index in [0.29, 0.717) is 0 Å². The minimum absolute atomic E-state index is 0.167. The summed E-state index contributed by atoms with van der Waals surface area (Å²) >= 11 is 0. The molecular weight excluding hydrogens is 258 g/mol. The number of rotatable bonds is 2. The van der Waals surface area contributed by atoms with E-state index in [0.717, 1.165) is 22.4 Å². The van der Waals surface area contributed by atoms with Crippen molar-refractivity contribution in [2.24, 2.45) is 0 Å². The Bertz CT molecular complexity index is 719. The fourth-order valence-electron chi connectivity index (χ4n) is 2.39. The largest absolute Gasteiger partial charge is 0.277 e. The van der Waals surface area contributed by atoms with Crippen LogP contribution in [0.15, 0.2) is 55.0 Å².